The number of piperidine rings is 1. The van der Waals surface area contributed by atoms with Gasteiger partial charge in [-0.1, -0.05) is 23.7 Å². The molecule has 2 rings (SSSR count). The second-order valence-corrected chi connectivity index (χ2v) is 5.54. The number of likely N-dealkylation sites (tertiary alicyclic amines) is 1. The maximum Gasteiger partial charge on any atom is 0.302 e. The fraction of sp³-hybridized carbons (Fsp3) is 0.467. The first-order chi connectivity index (χ1) is 9.49. The van der Waals surface area contributed by atoms with E-state index in [9.17, 15) is 9.59 Å². The third-order valence-corrected chi connectivity index (χ3v) is 3.91. The highest BCUT2D eigenvalue weighted by molar-refractivity contribution is 6.30. The highest BCUT2D eigenvalue weighted by atomic mass is 35.5. The van der Waals surface area contributed by atoms with Crippen molar-refractivity contribution in [2.24, 2.45) is 5.92 Å². The molecule has 4 nitrogen and oxygen atoms in total. The van der Waals surface area contributed by atoms with Crippen LogP contribution >= 0.6 is 11.6 Å². The van der Waals surface area contributed by atoms with E-state index in [1.54, 1.807) is 18.0 Å². The molecule has 1 saturated heterocycles. The minimum Gasteiger partial charge on any atom is -0.465 e. The van der Waals surface area contributed by atoms with Crippen LogP contribution in [0.3, 0.4) is 0 Å². The summed E-state index contributed by atoms with van der Waals surface area (Å²) in [7, 11) is 1.79. The van der Waals surface area contributed by atoms with Gasteiger partial charge in [-0.15, -0.1) is 0 Å². The van der Waals surface area contributed by atoms with Gasteiger partial charge < -0.3 is 9.64 Å². The van der Waals surface area contributed by atoms with Crippen molar-refractivity contribution in [2.45, 2.75) is 25.8 Å². The summed E-state index contributed by atoms with van der Waals surface area (Å²) in [5, 5.41) is 0.639. The number of carbonyl (C=O) groups is 2. The number of halogens is 1. The third-order valence-electron chi connectivity index (χ3n) is 3.68. The smallest absolute Gasteiger partial charge is 0.302 e. The second-order valence-electron chi connectivity index (χ2n) is 5.11. The van der Waals surface area contributed by atoms with Gasteiger partial charge in [0.1, 0.15) is 0 Å². The Balaban J connectivity index is 2.25. The Kier molecular flexibility index (Phi) is 4.65. The van der Waals surface area contributed by atoms with Crippen LogP contribution in [0.1, 0.15) is 31.4 Å². The first-order valence-corrected chi connectivity index (χ1v) is 7.01. The lowest BCUT2D eigenvalue weighted by Gasteiger charge is -2.39. The first-order valence-electron chi connectivity index (χ1n) is 6.63. The van der Waals surface area contributed by atoms with Gasteiger partial charge in [-0.25, -0.2) is 0 Å². The Morgan fingerprint density at radius 1 is 1.50 bits per heavy atom. The average Bonchev–Trinajstić information content (AvgIpc) is 2.40. The molecule has 0 unspecified atom stereocenters. The van der Waals surface area contributed by atoms with E-state index in [-0.39, 0.29) is 23.8 Å². The molecule has 0 radical (unpaired) electrons. The van der Waals surface area contributed by atoms with Gasteiger partial charge in [0.15, 0.2) is 0 Å². The van der Waals surface area contributed by atoms with Crippen LogP contribution in [0.4, 0.5) is 0 Å². The Labute approximate surface area is 123 Å². The van der Waals surface area contributed by atoms with Gasteiger partial charge in [-0.2, -0.15) is 0 Å². The Morgan fingerprint density at radius 3 is 2.90 bits per heavy atom. The van der Waals surface area contributed by atoms with Crippen LogP contribution in [-0.4, -0.2) is 30.4 Å². The summed E-state index contributed by atoms with van der Waals surface area (Å²) in [6.07, 6.45) is 1.20. The second kappa shape index (κ2) is 6.27. The molecule has 1 fully saturated rings. The number of carbonyl (C=O) groups excluding carboxylic acids is 2. The van der Waals surface area contributed by atoms with Crippen molar-refractivity contribution in [3.8, 4) is 0 Å². The van der Waals surface area contributed by atoms with Crippen LogP contribution in [0.25, 0.3) is 0 Å². The van der Waals surface area contributed by atoms with Gasteiger partial charge in [0.2, 0.25) is 5.91 Å². The fourth-order valence-corrected chi connectivity index (χ4v) is 2.90. The van der Waals surface area contributed by atoms with Crippen molar-refractivity contribution in [3.63, 3.8) is 0 Å². The molecule has 108 valence electrons. The van der Waals surface area contributed by atoms with Crippen molar-refractivity contribution < 1.29 is 14.3 Å². The maximum absolute atomic E-state index is 11.9. The van der Waals surface area contributed by atoms with Gasteiger partial charge in [-0.3, -0.25) is 9.59 Å². The maximum atomic E-state index is 11.9. The molecule has 0 spiro atoms. The lowest BCUT2D eigenvalue weighted by atomic mass is 9.85. The van der Waals surface area contributed by atoms with Crippen LogP contribution in [-0.2, 0) is 14.3 Å². The Morgan fingerprint density at radius 2 is 2.25 bits per heavy atom. The van der Waals surface area contributed by atoms with E-state index in [0.717, 1.165) is 5.56 Å². The van der Waals surface area contributed by atoms with Crippen LogP contribution in [0, 0.1) is 5.92 Å². The summed E-state index contributed by atoms with van der Waals surface area (Å²) in [6, 6.07) is 7.38. The molecular formula is C15H18ClNO3. The topological polar surface area (TPSA) is 46.6 Å². The highest BCUT2D eigenvalue weighted by Gasteiger charge is 2.35. The summed E-state index contributed by atoms with van der Waals surface area (Å²) in [6.45, 7) is 1.72. The standard InChI is InChI=1S/C15H18ClNO3/c1-10(18)20-9-12-6-7-14(19)17(2)15(12)11-4-3-5-13(16)8-11/h3-5,8,12,15H,6-7,9H2,1-2H3/t12-,15+/m1/s1. The minimum absolute atomic E-state index is 0.0973. The molecule has 20 heavy (non-hydrogen) atoms. The highest BCUT2D eigenvalue weighted by Crippen LogP contribution is 2.36. The predicted octanol–water partition coefficient (Wildman–Crippen LogP) is 2.81. The largest absolute Gasteiger partial charge is 0.465 e. The zero-order chi connectivity index (χ0) is 14.7. The number of hydrogen-bond donors (Lipinski definition) is 0. The molecular weight excluding hydrogens is 278 g/mol. The number of nitrogens with zero attached hydrogens (tertiary/aromatic N) is 1. The van der Waals surface area contributed by atoms with Crippen LogP contribution < -0.4 is 0 Å². The van der Waals surface area contributed by atoms with Crippen LogP contribution in [0.15, 0.2) is 24.3 Å². The summed E-state index contributed by atoms with van der Waals surface area (Å²) >= 11 is 6.03. The quantitative estimate of drug-likeness (QED) is 0.806. The zero-order valence-corrected chi connectivity index (χ0v) is 12.4. The summed E-state index contributed by atoms with van der Waals surface area (Å²) in [5.41, 5.74) is 0.977. The van der Waals surface area contributed by atoms with E-state index < -0.39 is 0 Å². The van der Waals surface area contributed by atoms with Crippen molar-refractivity contribution in [2.75, 3.05) is 13.7 Å². The van der Waals surface area contributed by atoms with Gasteiger partial charge in [0.05, 0.1) is 12.6 Å². The molecule has 2 atom stereocenters. The molecule has 5 heteroatoms. The van der Waals surface area contributed by atoms with Gasteiger partial charge in [-0.05, 0) is 24.1 Å². The lowest BCUT2D eigenvalue weighted by Crippen LogP contribution is -2.41. The number of hydrogen-bond acceptors (Lipinski definition) is 3. The van der Waals surface area contributed by atoms with Crippen LogP contribution in [0.2, 0.25) is 5.02 Å². The number of ether oxygens (including phenoxy) is 1. The van der Waals surface area contributed by atoms with Crippen molar-refractivity contribution in [1.29, 1.82) is 0 Å². The molecule has 1 aliphatic rings. The predicted molar refractivity (Wildman–Crippen MR) is 76.3 cm³/mol. The zero-order valence-electron chi connectivity index (χ0n) is 11.6. The van der Waals surface area contributed by atoms with Gasteiger partial charge in [0.25, 0.3) is 0 Å². The normalized spacial score (nSPS) is 22.8. The molecule has 0 saturated carbocycles. The minimum atomic E-state index is -0.297. The lowest BCUT2D eigenvalue weighted by molar-refractivity contribution is -0.146. The van der Waals surface area contributed by atoms with E-state index in [2.05, 4.69) is 0 Å². The molecule has 0 aromatic heterocycles. The van der Waals surface area contributed by atoms with Crippen molar-refractivity contribution >= 4 is 23.5 Å². The van der Waals surface area contributed by atoms with E-state index in [0.29, 0.717) is 24.5 Å². The number of amides is 1. The fourth-order valence-electron chi connectivity index (χ4n) is 2.70. The van der Waals surface area contributed by atoms with Gasteiger partial charge >= 0.3 is 5.97 Å². The summed E-state index contributed by atoms with van der Waals surface area (Å²) in [4.78, 5) is 24.7. The molecule has 0 N–H and O–H groups in total. The monoisotopic (exact) mass is 295 g/mol. The molecule has 1 aliphatic heterocycles. The third kappa shape index (κ3) is 3.31. The number of rotatable bonds is 3. The Bertz CT molecular complexity index is 518. The summed E-state index contributed by atoms with van der Waals surface area (Å²) < 4.78 is 5.14. The van der Waals surface area contributed by atoms with E-state index >= 15 is 0 Å². The molecule has 1 aromatic rings. The number of esters is 1. The number of benzene rings is 1. The van der Waals surface area contributed by atoms with Crippen LogP contribution in [0.5, 0.6) is 0 Å². The molecule has 0 aliphatic carbocycles. The summed E-state index contributed by atoms with van der Waals surface area (Å²) in [5.74, 6) is -0.0940. The van der Waals surface area contributed by atoms with E-state index in [1.165, 1.54) is 6.92 Å². The van der Waals surface area contributed by atoms with Crippen molar-refractivity contribution in [1.82, 2.24) is 4.90 Å². The SMILES string of the molecule is CC(=O)OC[C@H]1CCC(=O)N(C)[C@H]1c1cccc(Cl)c1. The van der Waals surface area contributed by atoms with E-state index in [4.69, 9.17) is 16.3 Å². The first kappa shape index (κ1) is 14.9. The van der Waals surface area contributed by atoms with Crippen molar-refractivity contribution in [3.05, 3.63) is 34.9 Å². The molecule has 1 amide bonds. The molecule has 1 heterocycles. The Hall–Kier alpha value is -1.55. The van der Waals surface area contributed by atoms with Gasteiger partial charge in [0, 0.05) is 31.3 Å². The average molecular weight is 296 g/mol. The van der Waals surface area contributed by atoms with E-state index in [1.807, 2.05) is 18.2 Å². The molecule has 0 bridgehead atoms. The molecule has 1 aromatic carbocycles.